The first kappa shape index (κ1) is 22.7. The van der Waals surface area contributed by atoms with Gasteiger partial charge in [-0.05, 0) is 24.1 Å². The summed E-state index contributed by atoms with van der Waals surface area (Å²) in [5.74, 6) is 0.133. The third-order valence-corrected chi connectivity index (χ3v) is 7.79. The summed E-state index contributed by atoms with van der Waals surface area (Å²) in [4.78, 5) is 27.0. The Kier molecular flexibility index (Phi) is 7.36. The van der Waals surface area contributed by atoms with Crippen LogP contribution >= 0.6 is 47.1 Å². The number of hydrogen-bond donors (Lipinski definition) is 1. The van der Waals surface area contributed by atoms with E-state index in [2.05, 4.69) is 40.6 Å². The average molecular weight is 499 g/mol. The molecule has 0 bridgehead atoms. The van der Waals surface area contributed by atoms with Gasteiger partial charge in [0.05, 0.1) is 4.91 Å². The van der Waals surface area contributed by atoms with Crippen molar-refractivity contribution in [2.45, 2.75) is 17.0 Å². The molecule has 162 valence electrons. The molecule has 0 radical (unpaired) electrons. The zero-order valence-corrected chi connectivity index (χ0v) is 20.2. The molecule has 1 N–H and O–H groups in total. The van der Waals surface area contributed by atoms with Crippen molar-refractivity contribution in [1.29, 1.82) is 0 Å². The third kappa shape index (κ3) is 5.83. The molecule has 4 rings (SSSR count). The Balaban J connectivity index is 1.32. The SMILES string of the molecule is Cc1cccc(CSc2nnc(NC(=O)CN3C(=O)/C(=C/c4ccccc4)SC3=S)s2)c1. The van der Waals surface area contributed by atoms with E-state index in [1.54, 1.807) is 17.8 Å². The van der Waals surface area contributed by atoms with Crippen LogP contribution in [-0.2, 0) is 15.3 Å². The van der Waals surface area contributed by atoms with E-state index in [-0.39, 0.29) is 18.4 Å². The maximum absolute atomic E-state index is 12.7. The van der Waals surface area contributed by atoms with Crippen molar-refractivity contribution >= 4 is 74.4 Å². The minimum absolute atomic E-state index is 0.165. The fraction of sp³-hybridized carbons (Fsp3) is 0.136. The first-order valence-corrected chi connectivity index (χ1v) is 12.6. The van der Waals surface area contributed by atoms with Crippen LogP contribution < -0.4 is 5.32 Å². The van der Waals surface area contributed by atoms with Crippen LogP contribution in [0, 0.1) is 6.92 Å². The lowest BCUT2D eigenvalue weighted by molar-refractivity contribution is -0.126. The standard InChI is InChI=1S/C22H18N4O2S4/c1-14-6-5-9-16(10-14)13-30-21-25-24-20(32-21)23-18(27)12-26-19(28)17(31-22(26)29)11-15-7-3-2-4-8-15/h2-11H,12-13H2,1H3,(H,23,24,27)/b17-11-. The molecule has 0 aliphatic carbocycles. The van der Waals surface area contributed by atoms with Gasteiger partial charge in [-0.2, -0.15) is 0 Å². The fourth-order valence-corrected chi connectivity index (χ4v) is 5.87. The molecule has 0 unspecified atom stereocenters. The first-order valence-electron chi connectivity index (χ1n) is 9.60. The summed E-state index contributed by atoms with van der Waals surface area (Å²) in [7, 11) is 0. The number of carbonyl (C=O) groups is 2. The number of amides is 2. The molecule has 3 aromatic rings. The molecule has 1 fully saturated rings. The van der Waals surface area contributed by atoms with Gasteiger partial charge in [0.25, 0.3) is 5.91 Å². The second-order valence-electron chi connectivity index (χ2n) is 6.88. The Morgan fingerprint density at radius 1 is 1.19 bits per heavy atom. The number of hydrogen-bond acceptors (Lipinski definition) is 8. The summed E-state index contributed by atoms with van der Waals surface area (Å²) in [5, 5.41) is 11.3. The first-order chi connectivity index (χ1) is 15.5. The zero-order valence-electron chi connectivity index (χ0n) is 17.0. The molecule has 2 aromatic carbocycles. The highest BCUT2D eigenvalue weighted by Crippen LogP contribution is 2.33. The van der Waals surface area contributed by atoms with Gasteiger partial charge in [-0.1, -0.05) is 107 Å². The molecule has 6 nitrogen and oxygen atoms in total. The highest BCUT2D eigenvalue weighted by molar-refractivity contribution is 8.26. The largest absolute Gasteiger partial charge is 0.299 e. The molecule has 1 aliphatic rings. The lowest BCUT2D eigenvalue weighted by atomic mass is 10.2. The van der Waals surface area contributed by atoms with Crippen molar-refractivity contribution in [3.05, 3.63) is 76.2 Å². The number of thiocarbonyl (C=S) groups is 1. The minimum atomic E-state index is -0.367. The van der Waals surface area contributed by atoms with Gasteiger partial charge in [-0.15, -0.1) is 10.2 Å². The van der Waals surface area contributed by atoms with Crippen LogP contribution in [0.25, 0.3) is 6.08 Å². The molecule has 32 heavy (non-hydrogen) atoms. The Bertz CT molecular complexity index is 1190. The van der Waals surface area contributed by atoms with Crippen LogP contribution in [0.3, 0.4) is 0 Å². The summed E-state index contributed by atoms with van der Waals surface area (Å²) in [6.07, 6.45) is 1.78. The van der Waals surface area contributed by atoms with E-state index < -0.39 is 0 Å². The van der Waals surface area contributed by atoms with Crippen molar-refractivity contribution in [3.63, 3.8) is 0 Å². The van der Waals surface area contributed by atoms with E-state index in [4.69, 9.17) is 12.2 Å². The molecular weight excluding hydrogens is 481 g/mol. The van der Waals surface area contributed by atoms with Crippen molar-refractivity contribution in [3.8, 4) is 0 Å². The number of anilines is 1. The molecule has 2 heterocycles. The van der Waals surface area contributed by atoms with E-state index in [9.17, 15) is 9.59 Å². The maximum Gasteiger partial charge on any atom is 0.266 e. The topological polar surface area (TPSA) is 75.2 Å². The van der Waals surface area contributed by atoms with Gasteiger partial charge in [0.15, 0.2) is 4.34 Å². The van der Waals surface area contributed by atoms with Gasteiger partial charge in [0.1, 0.15) is 10.9 Å². The molecule has 2 amide bonds. The smallest absolute Gasteiger partial charge is 0.266 e. The van der Waals surface area contributed by atoms with Crippen LogP contribution in [0.1, 0.15) is 16.7 Å². The van der Waals surface area contributed by atoms with Gasteiger partial charge in [0.2, 0.25) is 11.0 Å². The Morgan fingerprint density at radius 3 is 2.78 bits per heavy atom. The van der Waals surface area contributed by atoms with Gasteiger partial charge >= 0.3 is 0 Å². The van der Waals surface area contributed by atoms with Gasteiger partial charge in [0, 0.05) is 5.75 Å². The third-order valence-electron chi connectivity index (χ3n) is 4.37. The molecule has 0 spiro atoms. The van der Waals surface area contributed by atoms with E-state index in [0.717, 1.165) is 15.7 Å². The van der Waals surface area contributed by atoms with Gasteiger partial charge in [-0.25, -0.2) is 0 Å². The number of aromatic nitrogens is 2. The van der Waals surface area contributed by atoms with Crippen LogP contribution in [0.5, 0.6) is 0 Å². The van der Waals surface area contributed by atoms with Gasteiger partial charge in [-0.3, -0.25) is 19.8 Å². The van der Waals surface area contributed by atoms with E-state index >= 15 is 0 Å². The number of carbonyl (C=O) groups excluding carboxylic acids is 2. The van der Waals surface area contributed by atoms with Gasteiger partial charge < -0.3 is 0 Å². The second-order valence-corrected chi connectivity index (χ2v) is 10.8. The molecule has 0 saturated carbocycles. The monoisotopic (exact) mass is 498 g/mol. The lowest BCUT2D eigenvalue weighted by Crippen LogP contribution is -2.36. The van der Waals surface area contributed by atoms with Crippen molar-refractivity contribution in [2.75, 3.05) is 11.9 Å². The van der Waals surface area contributed by atoms with E-state index in [1.807, 2.05) is 36.4 Å². The predicted octanol–water partition coefficient (Wildman–Crippen LogP) is 4.98. The number of thioether (sulfide) groups is 2. The predicted molar refractivity (Wildman–Crippen MR) is 136 cm³/mol. The summed E-state index contributed by atoms with van der Waals surface area (Å²) in [6.45, 7) is 1.89. The zero-order chi connectivity index (χ0) is 22.5. The number of benzene rings is 2. The van der Waals surface area contributed by atoms with Crippen molar-refractivity contribution < 1.29 is 9.59 Å². The van der Waals surface area contributed by atoms with Crippen LogP contribution in [-0.4, -0.2) is 37.8 Å². The Morgan fingerprint density at radius 2 is 2.00 bits per heavy atom. The highest BCUT2D eigenvalue weighted by atomic mass is 32.2. The molecule has 1 aromatic heterocycles. The quantitative estimate of drug-likeness (QED) is 0.213. The number of nitrogens with zero attached hydrogens (tertiary/aromatic N) is 3. The normalized spacial score (nSPS) is 14.9. The van der Waals surface area contributed by atoms with E-state index in [1.165, 1.54) is 39.1 Å². The number of rotatable bonds is 7. The molecule has 0 atom stereocenters. The fourth-order valence-electron chi connectivity index (χ4n) is 2.90. The molecule has 1 saturated heterocycles. The second kappa shape index (κ2) is 10.4. The van der Waals surface area contributed by atoms with Crippen molar-refractivity contribution in [2.24, 2.45) is 0 Å². The summed E-state index contributed by atoms with van der Waals surface area (Å²) in [5.41, 5.74) is 3.32. The number of aryl methyl sites for hydroxylation is 1. The summed E-state index contributed by atoms with van der Waals surface area (Å²) in [6, 6.07) is 17.8. The molecular formula is C22H18N4O2S4. The highest BCUT2D eigenvalue weighted by Gasteiger charge is 2.33. The Labute approximate surface area is 203 Å². The Hall–Kier alpha value is -2.53. The number of nitrogens with one attached hydrogen (secondary N) is 1. The average Bonchev–Trinajstić information content (AvgIpc) is 3.32. The van der Waals surface area contributed by atoms with E-state index in [0.29, 0.717) is 14.4 Å². The lowest BCUT2D eigenvalue weighted by Gasteiger charge is -2.13. The maximum atomic E-state index is 12.7. The van der Waals surface area contributed by atoms with Crippen molar-refractivity contribution in [1.82, 2.24) is 15.1 Å². The summed E-state index contributed by atoms with van der Waals surface area (Å²) < 4.78 is 1.12. The minimum Gasteiger partial charge on any atom is -0.299 e. The molecule has 1 aliphatic heterocycles. The van der Waals surface area contributed by atoms with Crippen LogP contribution in [0.4, 0.5) is 5.13 Å². The van der Waals surface area contributed by atoms with Crippen LogP contribution in [0.15, 0.2) is 63.8 Å². The molecule has 10 heteroatoms. The summed E-state index contributed by atoms with van der Waals surface area (Å²) >= 11 is 9.37. The van der Waals surface area contributed by atoms with Crippen LogP contribution in [0.2, 0.25) is 0 Å².